The Balaban J connectivity index is 1.56. The van der Waals surface area contributed by atoms with E-state index in [-0.39, 0.29) is 18.9 Å². The molecule has 12 atom stereocenters. The maximum Gasteiger partial charge on any atom is 0.220 e. The molecular weight excluding hydrogens is 1030 g/mol. The SMILES string of the molecule is CCCCCC/C=C/CC/C=C/C(O)C(COC1OC(CO)C(OC2OC(CO)C(O)C(O)C2O)C(O)C1O)NC(=O)CCCCCCCCCCCCCCCCCCCCCCCC/C=C\C/C=C\C/C=C\CCCCCCC. The van der Waals surface area contributed by atoms with Crippen molar-refractivity contribution < 1.29 is 64.6 Å². The smallest absolute Gasteiger partial charge is 0.220 e. The van der Waals surface area contributed by atoms with Crippen molar-refractivity contribution in [2.75, 3.05) is 19.8 Å². The van der Waals surface area contributed by atoms with Crippen LogP contribution in [0.3, 0.4) is 0 Å². The molecule has 0 spiro atoms. The second-order valence-electron chi connectivity index (χ2n) is 23.2. The van der Waals surface area contributed by atoms with E-state index in [4.69, 9.17) is 18.9 Å². The van der Waals surface area contributed by atoms with Gasteiger partial charge in [-0.15, -0.1) is 0 Å². The summed E-state index contributed by atoms with van der Waals surface area (Å²) in [6.07, 6.45) is 51.8. The van der Waals surface area contributed by atoms with Crippen LogP contribution in [0.4, 0.5) is 0 Å². The lowest BCUT2D eigenvalue weighted by molar-refractivity contribution is -0.359. The molecule has 2 fully saturated rings. The van der Waals surface area contributed by atoms with Gasteiger partial charge in [0.2, 0.25) is 5.91 Å². The number of hydrogen-bond donors (Lipinski definition) is 9. The van der Waals surface area contributed by atoms with Crippen molar-refractivity contribution in [2.24, 2.45) is 0 Å². The Kier molecular flexibility index (Phi) is 48.1. The maximum atomic E-state index is 13.2. The molecule has 0 aromatic heterocycles. The summed E-state index contributed by atoms with van der Waals surface area (Å²) in [5.41, 5.74) is 0. The Morgan fingerprint density at radius 3 is 1.31 bits per heavy atom. The molecule has 9 N–H and O–H groups in total. The first-order valence-corrected chi connectivity index (χ1v) is 33.0. The van der Waals surface area contributed by atoms with Gasteiger partial charge in [-0.05, 0) is 70.6 Å². The average Bonchev–Trinajstić information content (AvgIpc) is 3.55. The van der Waals surface area contributed by atoms with E-state index in [9.17, 15) is 45.6 Å². The van der Waals surface area contributed by atoms with E-state index in [1.54, 1.807) is 6.08 Å². The van der Waals surface area contributed by atoms with Gasteiger partial charge in [0.1, 0.15) is 48.8 Å². The average molecular weight is 1150 g/mol. The second-order valence-corrected chi connectivity index (χ2v) is 23.2. The summed E-state index contributed by atoms with van der Waals surface area (Å²) in [5.74, 6) is -0.249. The highest BCUT2D eigenvalue weighted by Crippen LogP contribution is 2.30. The molecule has 2 aliphatic rings. The predicted molar refractivity (Wildman–Crippen MR) is 327 cm³/mol. The van der Waals surface area contributed by atoms with Gasteiger partial charge in [-0.2, -0.15) is 0 Å². The largest absolute Gasteiger partial charge is 0.394 e. The third kappa shape index (κ3) is 37.0. The molecule has 0 saturated carbocycles. The van der Waals surface area contributed by atoms with Crippen molar-refractivity contribution in [1.82, 2.24) is 5.32 Å². The van der Waals surface area contributed by atoms with E-state index < -0.39 is 86.8 Å². The molecule has 0 bridgehead atoms. The third-order valence-electron chi connectivity index (χ3n) is 15.9. The minimum Gasteiger partial charge on any atom is -0.394 e. The molecule has 472 valence electrons. The molecule has 1 amide bonds. The van der Waals surface area contributed by atoms with Gasteiger partial charge in [-0.25, -0.2) is 0 Å². The fourth-order valence-corrected chi connectivity index (χ4v) is 10.6. The summed E-state index contributed by atoms with van der Waals surface area (Å²) in [7, 11) is 0. The predicted octanol–water partition coefficient (Wildman–Crippen LogP) is 12.5. The fraction of sp³-hybridized carbons (Fsp3) is 0.836. The number of carbonyl (C=O) groups is 1. The summed E-state index contributed by atoms with van der Waals surface area (Å²) < 4.78 is 22.7. The Bertz CT molecular complexity index is 1590. The lowest BCUT2D eigenvalue weighted by Gasteiger charge is -2.46. The molecule has 14 heteroatoms. The van der Waals surface area contributed by atoms with Crippen LogP contribution in [0.2, 0.25) is 0 Å². The van der Waals surface area contributed by atoms with Gasteiger partial charge >= 0.3 is 0 Å². The quantitative estimate of drug-likeness (QED) is 0.0204. The van der Waals surface area contributed by atoms with E-state index in [0.29, 0.717) is 12.8 Å². The lowest BCUT2D eigenvalue weighted by atomic mass is 9.97. The lowest BCUT2D eigenvalue weighted by Crippen LogP contribution is -2.65. The number of allylic oxidation sites excluding steroid dienone is 9. The Morgan fingerprint density at radius 1 is 0.444 bits per heavy atom. The zero-order valence-corrected chi connectivity index (χ0v) is 51.0. The molecular formula is C67H121NO13. The molecule has 2 aliphatic heterocycles. The summed E-state index contributed by atoms with van der Waals surface area (Å²) >= 11 is 0. The summed E-state index contributed by atoms with van der Waals surface area (Å²) in [5, 5.41) is 86.9. The number of carbonyl (C=O) groups excluding carboxylic acids is 1. The van der Waals surface area contributed by atoms with Crippen LogP contribution in [-0.2, 0) is 23.7 Å². The fourth-order valence-electron chi connectivity index (χ4n) is 10.6. The monoisotopic (exact) mass is 1150 g/mol. The van der Waals surface area contributed by atoms with Gasteiger partial charge in [-0.3, -0.25) is 4.79 Å². The van der Waals surface area contributed by atoms with Gasteiger partial charge < -0.3 is 65.1 Å². The maximum absolute atomic E-state index is 13.2. The van der Waals surface area contributed by atoms with Crippen molar-refractivity contribution in [2.45, 2.75) is 338 Å². The summed E-state index contributed by atoms with van der Waals surface area (Å²) in [6.45, 7) is 2.73. The Labute approximate surface area is 492 Å². The number of aliphatic hydroxyl groups excluding tert-OH is 8. The minimum atomic E-state index is -1.79. The van der Waals surface area contributed by atoms with Crippen LogP contribution in [0.5, 0.6) is 0 Å². The van der Waals surface area contributed by atoms with Gasteiger partial charge in [0.15, 0.2) is 12.6 Å². The summed E-state index contributed by atoms with van der Waals surface area (Å²) in [6, 6.07) is -0.930. The van der Waals surface area contributed by atoms with Crippen molar-refractivity contribution in [3.63, 3.8) is 0 Å². The molecule has 2 rings (SSSR count). The number of rotatable bonds is 53. The van der Waals surface area contributed by atoms with Gasteiger partial charge in [0.25, 0.3) is 0 Å². The van der Waals surface area contributed by atoms with Crippen LogP contribution >= 0.6 is 0 Å². The van der Waals surface area contributed by atoms with E-state index in [2.05, 4.69) is 67.8 Å². The summed E-state index contributed by atoms with van der Waals surface area (Å²) in [4.78, 5) is 13.2. The van der Waals surface area contributed by atoms with Crippen LogP contribution in [0, 0.1) is 0 Å². The first kappa shape index (κ1) is 74.8. The van der Waals surface area contributed by atoms with Crippen LogP contribution in [0.15, 0.2) is 60.8 Å². The Morgan fingerprint density at radius 2 is 0.827 bits per heavy atom. The molecule has 12 unspecified atom stereocenters. The van der Waals surface area contributed by atoms with Gasteiger partial charge in [0.05, 0.1) is 32.0 Å². The molecule has 2 heterocycles. The van der Waals surface area contributed by atoms with E-state index >= 15 is 0 Å². The van der Waals surface area contributed by atoms with Crippen LogP contribution in [0.1, 0.15) is 264 Å². The number of ether oxygens (including phenoxy) is 4. The number of nitrogens with one attached hydrogen (secondary N) is 1. The van der Waals surface area contributed by atoms with E-state index in [1.165, 1.54) is 186 Å². The highest BCUT2D eigenvalue weighted by Gasteiger charge is 2.51. The molecule has 0 aliphatic carbocycles. The first-order valence-electron chi connectivity index (χ1n) is 33.0. The van der Waals surface area contributed by atoms with Gasteiger partial charge in [-0.1, -0.05) is 248 Å². The van der Waals surface area contributed by atoms with Gasteiger partial charge in [0, 0.05) is 6.42 Å². The zero-order chi connectivity index (χ0) is 58.8. The second kappa shape index (κ2) is 52.1. The van der Waals surface area contributed by atoms with Crippen molar-refractivity contribution in [1.29, 1.82) is 0 Å². The highest BCUT2D eigenvalue weighted by molar-refractivity contribution is 5.76. The van der Waals surface area contributed by atoms with Crippen LogP contribution < -0.4 is 5.32 Å². The molecule has 0 radical (unpaired) electrons. The number of amides is 1. The number of aliphatic hydroxyl groups is 8. The normalized spacial score (nSPS) is 24.5. The molecule has 81 heavy (non-hydrogen) atoms. The molecule has 0 aromatic carbocycles. The molecule has 2 saturated heterocycles. The van der Waals surface area contributed by atoms with Crippen molar-refractivity contribution in [3.05, 3.63) is 60.8 Å². The van der Waals surface area contributed by atoms with E-state index in [0.717, 1.165) is 44.9 Å². The Hall–Kier alpha value is -2.31. The van der Waals surface area contributed by atoms with Crippen LogP contribution in [0.25, 0.3) is 0 Å². The van der Waals surface area contributed by atoms with Crippen molar-refractivity contribution >= 4 is 5.91 Å². The zero-order valence-electron chi connectivity index (χ0n) is 51.0. The van der Waals surface area contributed by atoms with E-state index in [1.807, 2.05) is 6.08 Å². The number of hydrogen-bond acceptors (Lipinski definition) is 13. The van der Waals surface area contributed by atoms with Crippen LogP contribution in [-0.4, -0.2) is 140 Å². The molecule has 0 aromatic rings. The standard InChI is InChI=1S/C67H121NO13/c1-3-5-7-9-11-13-15-16-17-18-19-20-21-22-23-24-25-26-27-28-29-30-31-32-33-34-35-36-37-38-39-40-41-43-45-47-49-51-59(72)68-55(56(71)50-48-46-44-42-14-12-10-8-6-4-2)54-78-66-64(77)62(75)65(58(53-70)80-66)81-67-63(76)61(74)60(73)57(52-69)79-67/h14-16,18-19,21-22,42,48,50,55-58,60-67,69-71,73-77H,3-13,17,20,23-41,43-47,49,51-54H2,1-2H3,(H,68,72)/b16-15-,19-18-,22-21-,42-14+,50-48+. The highest BCUT2D eigenvalue weighted by atomic mass is 16.7. The number of unbranched alkanes of at least 4 members (excludes halogenated alkanes) is 32. The minimum absolute atomic E-state index is 0.249. The molecule has 14 nitrogen and oxygen atoms in total. The topological polar surface area (TPSA) is 228 Å². The first-order chi connectivity index (χ1) is 39.6. The third-order valence-corrected chi connectivity index (χ3v) is 15.9. The van der Waals surface area contributed by atoms with Crippen molar-refractivity contribution in [3.8, 4) is 0 Å².